The first-order valence-electron chi connectivity index (χ1n) is 4.64. The molecule has 0 radical (unpaired) electrons. The third-order valence-electron chi connectivity index (χ3n) is 2.04. The van der Waals surface area contributed by atoms with Crippen LogP contribution in [0.3, 0.4) is 0 Å². The number of carbonyl (C=O) groups excluding carboxylic acids is 1. The summed E-state index contributed by atoms with van der Waals surface area (Å²) in [5.74, 6) is -0.214. The maximum atomic E-state index is 12.1. The normalized spacial score (nSPS) is 10.5. The van der Waals surface area contributed by atoms with Crippen molar-refractivity contribution in [1.82, 2.24) is 0 Å². The SMILES string of the molecule is CCC(=O)c1cccc(C)c1OC(F)F. The number of hydrogen-bond donors (Lipinski definition) is 0. The lowest BCUT2D eigenvalue weighted by atomic mass is 10.0. The van der Waals surface area contributed by atoms with Gasteiger partial charge in [0.15, 0.2) is 5.78 Å². The van der Waals surface area contributed by atoms with E-state index in [1.165, 1.54) is 6.07 Å². The molecule has 1 aromatic rings. The van der Waals surface area contributed by atoms with E-state index in [-0.39, 0.29) is 23.5 Å². The Kier molecular flexibility index (Phi) is 3.77. The van der Waals surface area contributed by atoms with E-state index in [1.54, 1.807) is 26.0 Å². The Bertz CT molecular complexity index is 362. The first-order chi connectivity index (χ1) is 7.06. The van der Waals surface area contributed by atoms with Crippen molar-refractivity contribution in [1.29, 1.82) is 0 Å². The molecule has 0 atom stereocenters. The van der Waals surface area contributed by atoms with Crippen molar-refractivity contribution >= 4 is 5.78 Å². The topological polar surface area (TPSA) is 26.3 Å². The molecule has 15 heavy (non-hydrogen) atoms. The summed E-state index contributed by atoms with van der Waals surface area (Å²) in [4.78, 5) is 11.4. The fourth-order valence-electron chi connectivity index (χ4n) is 1.31. The second-order valence-electron chi connectivity index (χ2n) is 3.11. The number of ether oxygens (including phenoxy) is 1. The third-order valence-corrected chi connectivity index (χ3v) is 2.04. The number of halogens is 2. The Hall–Kier alpha value is -1.45. The largest absolute Gasteiger partial charge is 0.434 e. The van der Waals surface area contributed by atoms with E-state index in [0.717, 1.165) is 0 Å². The van der Waals surface area contributed by atoms with E-state index in [9.17, 15) is 13.6 Å². The molecule has 0 bridgehead atoms. The number of para-hydroxylation sites is 1. The van der Waals surface area contributed by atoms with Crippen molar-refractivity contribution in [3.8, 4) is 5.75 Å². The summed E-state index contributed by atoms with van der Waals surface area (Å²) in [5, 5.41) is 0. The van der Waals surface area contributed by atoms with E-state index in [2.05, 4.69) is 4.74 Å². The first-order valence-corrected chi connectivity index (χ1v) is 4.64. The molecule has 0 saturated carbocycles. The summed E-state index contributed by atoms with van der Waals surface area (Å²) in [7, 11) is 0. The van der Waals surface area contributed by atoms with Crippen LogP contribution in [0, 0.1) is 6.92 Å². The molecule has 4 heteroatoms. The predicted molar refractivity (Wildman–Crippen MR) is 52.4 cm³/mol. The molecule has 0 spiro atoms. The van der Waals surface area contributed by atoms with Crippen LogP contribution in [0.2, 0.25) is 0 Å². The van der Waals surface area contributed by atoms with Crippen LogP contribution in [0.4, 0.5) is 8.78 Å². The Labute approximate surface area is 86.9 Å². The van der Waals surface area contributed by atoms with Gasteiger partial charge < -0.3 is 4.74 Å². The molecule has 0 amide bonds. The monoisotopic (exact) mass is 214 g/mol. The van der Waals surface area contributed by atoms with E-state index in [0.29, 0.717) is 5.56 Å². The molecular formula is C11H12F2O2. The molecule has 0 fully saturated rings. The number of benzene rings is 1. The van der Waals surface area contributed by atoms with Crippen LogP contribution in [-0.2, 0) is 0 Å². The van der Waals surface area contributed by atoms with Crippen LogP contribution in [0.1, 0.15) is 29.3 Å². The molecule has 1 rings (SSSR count). The van der Waals surface area contributed by atoms with Crippen molar-refractivity contribution in [3.63, 3.8) is 0 Å². The molecule has 0 N–H and O–H groups in total. The minimum absolute atomic E-state index is 0.0145. The summed E-state index contributed by atoms with van der Waals surface area (Å²) < 4.78 is 28.6. The average Bonchev–Trinajstić information content (AvgIpc) is 2.19. The number of rotatable bonds is 4. The molecule has 0 aliphatic carbocycles. The lowest BCUT2D eigenvalue weighted by Crippen LogP contribution is -2.08. The quantitative estimate of drug-likeness (QED) is 0.719. The van der Waals surface area contributed by atoms with Gasteiger partial charge in [0.2, 0.25) is 0 Å². The zero-order valence-corrected chi connectivity index (χ0v) is 8.59. The van der Waals surface area contributed by atoms with Crippen molar-refractivity contribution < 1.29 is 18.3 Å². The van der Waals surface area contributed by atoms with Gasteiger partial charge in [-0.25, -0.2) is 0 Å². The number of alkyl halides is 2. The van der Waals surface area contributed by atoms with Crippen molar-refractivity contribution in [2.75, 3.05) is 0 Å². The molecule has 1 aromatic carbocycles. The summed E-state index contributed by atoms with van der Waals surface area (Å²) in [6.45, 7) is 0.399. The van der Waals surface area contributed by atoms with Gasteiger partial charge in [0.1, 0.15) is 5.75 Å². The fraction of sp³-hybridized carbons (Fsp3) is 0.364. The van der Waals surface area contributed by atoms with Gasteiger partial charge in [-0.2, -0.15) is 8.78 Å². The number of aryl methyl sites for hydroxylation is 1. The Balaban J connectivity index is 3.14. The maximum absolute atomic E-state index is 12.1. The molecule has 2 nitrogen and oxygen atoms in total. The number of carbonyl (C=O) groups is 1. The van der Waals surface area contributed by atoms with Crippen LogP contribution in [0.5, 0.6) is 5.75 Å². The maximum Gasteiger partial charge on any atom is 0.387 e. The lowest BCUT2D eigenvalue weighted by Gasteiger charge is -2.11. The predicted octanol–water partition coefficient (Wildman–Crippen LogP) is 3.19. The Morgan fingerprint density at radius 3 is 2.67 bits per heavy atom. The third kappa shape index (κ3) is 2.75. The first kappa shape index (κ1) is 11.6. The van der Waals surface area contributed by atoms with Crippen LogP contribution >= 0.6 is 0 Å². The van der Waals surface area contributed by atoms with Crippen molar-refractivity contribution in [2.45, 2.75) is 26.9 Å². The van der Waals surface area contributed by atoms with E-state index >= 15 is 0 Å². The lowest BCUT2D eigenvalue weighted by molar-refractivity contribution is -0.0506. The van der Waals surface area contributed by atoms with Gasteiger partial charge in [0, 0.05) is 6.42 Å². The summed E-state index contributed by atoms with van der Waals surface area (Å²) in [5.41, 5.74) is 0.757. The number of ketones is 1. The highest BCUT2D eigenvalue weighted by Crippen LogP contribution is 2.26. The van der Waals surface area contributed by atoms with Crippen LogP contribution in [0.25, 0.3) is 0 Å². The van der Waals surface area contributed by atoms with Gasteiger partial charge in [-0.15, -0.1) is 0 Å². The van der Waals surface area contributed by atoms with Crippen LogP contribution in [0.15, 0.2) is 18.2 Å². The molecule has 0 aliphatic rings. The van der Waals surface area contributed by atoms with E-state index < -0.39 is 6.61 Å². The van der Waals surface area contributed by atoms with Crippen LogP contribution < -0.4 is 4.74 Å². The summed E-state index contributed by atoms with van der Waals surface area (Å²) >= 11 is 0. The number of Topliss-reactive ketones (excluding diaryl/α,β-unsaturated/α-hetero) is 1. The van der Waals surface area contributed by atoms with Gasteiger partial charge in [0.25, 0.3) is 0 Å². The highest BCUT2D eigenvalue weighted by atomic mass is 19.3. The molecule has 0 unspecified atom stereocenters. The van der Waals surface area contributed by atoms with Gasteiger partial charge in [0.05, 0.1) is 5.56 Å². The molecule has 0 heterocycles. The minimum Gasteiger partial charge on any atom is -0.434 e. The Morgan fingerprint density at radius 2 is 2.13 bits per heavy atom. The van der Waals surface area contributed by atoms with E-state index in [1.807, 2.05) is 0 Å². The molecule has 0 aliphatic heterocycles. The molecule has 0 aromatic heterocycles. The summed E-state index contributed by atoms with van der Waals surface area (Å²) in [6, 6.07) is 4.78. The molecule has 82 valence electrons. The highest BCUT2D eigenvalue weighted by molar-refractivity contribution is 5.98. The minimum atomic E-state index is -2.91. The van der Waals surface area contributed by atoms with Gasteiger partial charge in [-0.1, -0.05) is 19.1 Å². The molecule has 0 saturated heterocycles. The van der Waals surface area contributed by atoms with Crippen molar-refractivity contribution in [2.24, 2.45) is 0 Å². The average molecular weight is 214 g/mol. The zero-order valence-electron chi connectivity index (χ0n) is 8.59. The fourth-order valence-corrected chi connectivity index (χ4v) is 1.31. The molecular weight excluding hydrogens is 202 g/mol. The van der Waals surface area contributed by atoms with Crippen LogP contribution in [-0.4, -0.2) is 12.4 Å². The highest BCUT2D eigenvalue weighted by Gasteiger charge is 2.16. The van der Waals surface area contributed by atoms with Gasteiger partial charge >= 0.3 is 6.61 Å². The smallest absolute Gasteiger partial charge is 0.387 e. The van der Waals surface area contributed by atoms with Crippen molar-refractivity contribution in [3.05, 3.63) is 29.3 Å². The van der Waals surface area contributed by atoms with E-state index in [4.69, 9.17) is 0 Å². The Morgan fingerprint density at radius 1 is 1.47 bits per heavy atom. The summed E-state index contributed by atoms with van der Waals surface area (Å²) in [6.07, 6.45) is 0.267. The van der Waals surface area contributed by atoms with Gasteiger partial charge in [-0.3, -0.25) is 4.79 Å². The second kappa shape index (κ2) is 4.87. The zero-order chi connectivity index (χ0) is 11.4. The second-order valence-corrected chi connectivity index (χ2v) is 3.11. The van der Waals surface area contributed by atoms with Gasteiger partial charge in [-0.05, 0) is 18.6 Å². The standard InChI is InChI=1S/C11H12F2O2/c1-3-9(14)8-6-4-5-7(2)10(8)15-11(12)13/h4-6,11H,3H2,1-2H3. The number of hydrogen-bond acceptors (Lipinski definition) is 2.